The molecule has 0 saturated carbocycles. The lowest BCUT2D eigenvalue weighted by molar-refractivity contribution is -0.140. The molecule has 1 saturated heterocycles. The summed E-state index contributed by atoms with van der Waals surface area (Å²) in [7, 11) is 2.84. The lowest BCUT2D eigenvalue weighted by Crippen LogP contribution is -2.55. The van der Waals surface area contributed by atoms with Crippen LogP contribution in [0.3, 0.4) is 0 Å². The molecule has 2 rings (SSSR count). The minimum atomic E-state index is -0.873. The van der Waals surface area contributed by atoms with Gasteiger partial charge >= 0.3 is 12.0 Å². The Morgan fingerprint density at radius 1 is 1.18 bits per heavy atom. The first-order valence-corrected chi connectivity index (χ1v) is 10.8. The summed E-state index contributed by atoms with van der Waals surface area (Å²) in [6.45, 7) is 4.17. The molecule has 3 N–H and O–H groups in total. The van der Waals surface area contributed by atoms with E-state index in [0.717, 1.165) is 5.57 Å². The van der Waals surface area contributed by atoms with Crippen LogP contribution in [0.4, 0.5) is 10.5 Å². The van der Waals surface area contributed by atoms with Gasteiger partial charge in [-0.1, -0.05) is 11.6 Å². The Balaban J connectivity index is 2.07. The van der Waals surface area contributed by atoms with E-state index in [2.05, 4.69) is 20.7 Å². The van der Waals surface area contributed by atoms with Gasteiger partial charge in [-0.25, -0.2) is 4.79 Å². The molecule has 2 unspecified atom stereocenters. The molecule has 33 heavy (non-hydrogen) atoms. The van der Waals surface area contributed by atoms with Crippen LogP contribution in [-0.4, -0.2) is 68.1 Å². The highest BCUT2D eigenvalue weighted by Crippen LogP contribution is 2.21. The first kappa shape index (κ1) is 25.7. The highest BCUT2D eigenvalue weighted by Gasteiger charge is 2.42. The largest absolute Gasteiger partial charge is 0.497 e. The van der Waals surface area contributed by atoms with Gasteiger partial charge in [0.15, 0.2) is 0 Å². The summed E-state index contributed by atoms with van der Waals surface area (Å²) in [6, 6.07) is 4.94. The van der Waals surface area contributed by atoms with Gasteiger partial charge in [-0.2, -0.15) is 0 Å². The predicted octanol–water partition coefficient (Wildman–Crippen LogP) is 1.82. The molecular formula is C23H32N4O6. The van der Waals surface area contributed by atoms with Crippen LogP contribution in [0, 0.1) is 0 Å². The fraction of sp³-hybridized carbons (Fsp3) is 0.478. The Morgan fingerprint density at radius 2 is 1.94 bits per heavy atom. The van der Waals surface area contributed by atoms with Crippen LogP contribution in [0.2, 0.25) is 0 Å². The van der Waals surface area contributed by atoms with Crippen LogP contribution in [0.15, 0.2) is 35.9 Å². The molecule has 180 valence electrons. The first-order chi connectivity index (χ1) is 15.7. The molecule has 0 bridgehead atoms. The van der Waals surface area contributed by atoms with Gasteiger partial charge in [0, 0.05) is 37.3 Å². The molecule has 0 radical (unpaired) electrons. The average molecular weight is 461 g/mol. The summed E-state index contributed by atoms with van der Waals surface area (Å²) in [5.41, 5.74) is 1.34. The fourth-order valence-corrected chi connectivity index (χ4v) is 3.53. The third kappa shape index (κ3) is 7.81. The molecule has 10 nitrogen and oxygen atoms in total. The molecule has 0 aromatic heterocycles. The number of carbonyl (C=O) groups excluding carboxylic acids is 4. The smallest absolute Gasteiger partial charge is 0.319 e. The van der Waals surface area contributed by atoms with Crippen molar-refractivity contribution in [2.45, 2.75) is 45.2 Å². The maximum atomic E-state index is 13.0. The highest BCUT2D eigenvalue weighted by atomic mass is 16.5. The minimum Gasteiger partial charge on any atom is -0.497 e. The summed E-state index contributed by atoms with van der Waals surface area (Å²) >= 11 is 0. The van der Waals surface area contributed by atoms with Crippen LogP contribution >= 0.6 is 0 Å². The van der Waals surface area contributed by atoms with E-state index in [9.17, 15) is 19.2 Å². The number of methoxy groups -OCH3 is 2. The summed E-state index contributed by atoms with van der Waals surface area (Å²) in [6.07, 6.45) is 2.47. The van der Waals surface area contributed by atoms with E-state index in [1.54, 1.807) is 38.1 Å². The number of urea groups is 1. The summed E-state index contributed by atoms with van der Waals surface area (Å²) < 4.78 is 9.75. The predicted molar refractivity (Wildman–Crippen MR) is 123 cm³/mol. The maximum Gasteiger partial charge on any atom is 0.319 e. The zero-order valence-corrected chi connectivity index (χ0v) is 19.5. The Morgan fingerprint density at radius 3 is 2.61 bits per heavy atom. The van der Waals surface area contributed by atoms with Crippen LogP contribution < -0.4 is 20.7 Å². The Hall–Kier alpha value is -3.56. The number of carbonyl (C=O) groups is 4. The SMILES string of the molecule is COC(=O)CCCNC(=O)C1C(NC(=O)Nc2cccc(OC)c2)CCN1C(=O)C=C(C)C. The monoisotopic (exact) mass is 460 g/mol. The number of nitrogens with one attached hydrogen (secondary N) is 3. The zero-order chi connectivity index (χ0) is 24.4. The second-order valence-electron chi connectivity index (χ2n) is 7.89. The number of benzene rings is 1. The van der Waals surface area contributed by atoms with Crippen LogP contribution in [0.25, 0.3) is 0 Å². The molecule has 1 aromatic rings. The Bertz CT molecular complexity index is 897. The number of amides is 4. The molecule has 0 aliphatic carbocycles. The van der Waals surface area contributed by atoms with Crippen molar-refractivity contribution >= 4 is 29.5 Å². The standard InChI is InChI=1S/C23H32N4O6/c1-15(2)13-19(28)27-12-10-18(21(27)22(30)24-11-6-9-20(29)33-4)26-23(31)25-16-7-5-8-17(14-16)32-3/h5,7-8,13-14,18,21H,6,9-12H2,1-4H3,(H,24,30)(H2,25,26,31). The van der Waals surface area contributed by atoms with Gasteiger partial charge in [-0.15, -0.1) is 0 Å². The number of likely N-dealkylation sites (tertiary alicyclic amines) is 1. The number of anilines is 1. The molecule has 1 heterocycles. The number of esters is 1. The minimum absolute atomic E-state index is 0.173. The third-order valence-electron chi connectivity index (χ3n) is 5.09. The molecule has 1 aliphatic rings. The molecule has 10 heteroatoms. The molecule has 4 amide bonds. The lowest BCUT2D eigenvalue weighted by Gasteiger charge is -2.27. The van der Waals surface area contributed by atoms with Gasteiger partial charge in [-0.3, -0.25) is 14.4 Å². The molecule has 1 aromatic carbocycles. The van der Waals surface area contributed by atoms with Gasteiger partial charge in [-0.05, 0) is 38.8 Å². The van der Waals surface area contributed by atoms with Crippen molar-refractivity contribution < 1.29 is 28.7 Å². The second kappa shape index (κ2) is 12.5. The summed E-state index contributed by atoms with van der Waals surface area (Å²) in [5.74, 6) is -0.447. The average Bonchev–Trinajstić information content (AvgIpc) is 3.19. The molecular weight excluding hydrogens is 428 g/mol. The van der Waals surface area contributed by atoms with E-state index >= 15 is 0 Å². The molecule has 2 atom stereocenters. The lowest BCUT2D eigenvalue weighted by atomic mass is 10.1. The highest BCUT2D eigenvalue weighted by molar-refractivity contribution is 5.95. The van der Waals surface area contributed by atoms with Crippen molar-refractivity contribution in [2.24, 2.45) is 0 Å². The maximum absolute atomic E-state index is 13.0. The van der Waals surface area contributed by atoms with Gasteiger partial charge in [0.2, 0.25) is 11.8 Å². The Labute approximate surface area is 193 Å². The van der Waals surface area contributed by atoms with Crippen LogP contribution in [-0.2, 0) is 19.1 Å². The van der Waals surface area contributed by atoms with Crippen molar-refractivity contribution in [1.82, 2.24) is 15.5 Å². The van der Waals surface area contributed by atoms with Gasteiger partial charge in [0.25, 0.3) is 0 Å². The van der Waals surface area contributed by atoms with Gasteiger partial charge in [0.05, 0.1) is 20.3 Å². The second-order valence-corrected chi connectivity index (χ2v) is 7.89. The van der Waals surface area contributed by atoms with Crippen LogP contribution in [0.5, 0.6) is 5.75 Å². The van der Waals surface area contributed by atoms with E-state index in [-0.39, 0.29) is 30.7 Å². The van der Waals surface area contributed by atoms with Gasteiger partial charge < -0.3 is 30.3 Å². The fourth-order valence-electron chi connectivity index (χ4n) is 3.53. The first-order valence-electron chi connectivity index (χ1n) is 10.8. The van der Waals surface area contributed by atoms with Crippen molar-refractivity contribution in [3.63, 3.8) is 0 Å². The van der Waals surface area contributed by atoms with Crippen molar-refractivity contribution in [3.8, 4) is 5.75 Å². The summed E-state index contributed by atoms with van der Waals surface area (Å²) in [5, 5.41) is 8.29. The van der Waals surface area contributed by atoms with E-state index in [4.69, 9.17) is 4.74 Å². The van der Waals surface area contributed by atoms with Crippen LogP contribution in [0.1, 0.15) is 33.1 Å². The number of ether oxygens (including phenoxy) is 2. The zero-order valence-electron chi connectivity index (χ0n) is 19.5. The normalized spacial score (nSPS) is 17.0. The Kier molecular flexibility index (Phi) is 9.71. The van der Waals surface area contributed by atoms with Crippen molar-refractivity contribution in [2.75, 3.05) is 32.6 Å². The molecule has 1 fully saturated rings. The third-order valence-corrected chi connectivity index (χ3v) is 5.09. The number of rotatable bonds is 9. The topological polar surface area (TPSA) is 126 Å². The molecule has 0 spiro atoms. The number of allylic oxidation sites excluding steroid dienone is 1. The van der Waals surface area contributed by atoms with E-state index < -0.39 is 18.1 Å². The van der Waals surface area contributed by atoms with E-state index in [1.165, 1.54) is 25.2 Å². The van der Waals surface area contributed by atoms with E-state index in [1.807, 2.05) is 0 Å². The number of nitrogens with zero attached hydrogens (tertiary/aromatic N) is 1. The van der Waals surface area contributed by atoms with Gasteiger partial charge in [0.1, 0.15) is 11.8 Å². The summed E-state index contributed by atoms with van der Waals surface area (Å²) in [4.78, 5) is 51.0. The number of hydrogen-bond acceptors (Lipinski definition) is 6. The van der Waals surface area contributed by atoms with E-state index in [0.29, 0.717) is 30.8 Å². The molecule has 1 aliphatic heterocycles. The number of hydrogen-bond donors (Lipinski definition) is 3. The van der Waals surface area contributed by atoms with Crippen molar-refractivity contribution in [3.05, 3.63) is 35.9 Å². The quantitative estimate of drug-likeness (QED) is 0.293. The van der Waals surface area contributed by atoms with Crippen molar-refractivity contribution in [1.29, 1.82) is 0 Å².